The molecule has 19 heavy (non-hydrogen) atoms. The Labute approximate surface area is 114 Å². The van der Waals surface area contributed by atoms with Crippen LogP contribution in [0.2, 0.25) is 0 Å². The molecular weight excluding hydrogens is 242 g/mol. The SMILES string of the molecule is Cc1ccc(NCCC(=O)OCC2CCOC2)cc1. The highest BCUT2D eigenvalue weighted by atomic mass is 16.5. The van der Waals surface area contributed by atoms with Crippen molar-refractivity contribution in [2.75, 3.05) is 31.7 Å². The molecule has 1 heterocycles. The lowest BCUT2D eigenvalue weighted by Gasteiger charge is -2.10. The molecule has 0 aliphatic carbocycles. The molecule has 4 heteroatoms. The van der Waals surface area contributed by atoms with Gasteiger partial charge in [0.2, 0.25) is 0 Å². The molecule has 0 radical (unpaired) electrons. The highest BCUT2D eigenvalue weighted by molar-refractivity contribution is 5.70. The number of ether oxygens (including phenoxy) is 2. The zero-order valence-corrected chi connectivity index (χ0v) is 11.4. The summed E-state index contributed by atoms with van der Waals surface area (Å²) >= 11 is 0. The molecule has 104 valence electrons. The van der Waals surface area contributed by atoms with Gasteiger partial charge in [0.1, 0.15) is 0 Å². The van der Waals surface area contributed by atoms with Crippen LogP contribution in [-0.4, -0.2) is 32.3 Å². The van der Waals surface area contributed by atoms with Crippen LogP contribution in [-0.2, 0) is 14.3 Å². The second kappa shape index (κ2) is 7.14. The number of carbonyl (C=O) groups is 1. The van der Waals surface area contributed by atoms with E-state index in [4.69, 9.17) is 9.47 Å². The van der Waals surface area contributed by atoms with Crippen LogP contribution >= 0.6 is 0 Å². The standard InChI is InChI=1S/C15H21NO3/c1-12-2-4-14(5-3-12)16-8-6-15(17)19-11-13-7-9-18-10-13/h2-5,13,16H,6-11H2,1H3. The number of carbonyl (C=O) groups excluding carboxylic acids is 1. The fourth-order valence-corrected chi connectivity index (χ4v) is 1.98. The van der Waals surface area contributed by atoms with Crippen molar-refractivity contribution in [2.24, 2.45) is 5.92 Å². The van der Waals surface area contributed by atoms with Crippen molar-refractivity contribution in [3.05, 3.63) is 29.8 Å². The lowest BCUT2D eigenvalue weighted by molar-refractivity contribution is -0.144. The average Bonchev–Trinajstić information content (AvgIpc) is 2.92. The maximum Gasteiger partial charge on any atom is 0.307 e. The fourth-order valence-electron chi connectivity index (χ4n) is 1.98. The third-order valence-electron chi connectivity index (χ3n) is 3.21. The number of hydrogen-bond donors (Lipinski definition) is 1. The van der Waals surface area contributed by atoms with Gasteiger partial charge in [-0.05, 0) is 25.5 Å². The summed E-state index contributed by atoms with van der Waals surface area (Å²) in [5, 5.41) is 3.21. The minimum absolute atomic E-state index is 0.147. The highest BCUT2D eigenvalue weighted by Crippen LogP contribution is 2.12. The summed E-state index contributed by atoms with van der Waals surface area (Å²) in [6.45, 7) is 4.65. The molecule has 1 atom stereocenters. The van der Waals surface area contributed by atoms with Crippen molar-refractivity contribution in [2.45, 2.75) is 19.8 Å². The Kier molecular flexibility index (Phi) is 5.21. The quantitative estimate of drug-likeness (QED) is 0.800. The number of hydrogen-bond acceptors (Lipinski definition) is 4. The molecule has 0 amide bonds. The monoisotopic (exact) mass is 263 g/mol. The molecular formula is C15H21NO3. The van der Waals surface area contributed by atoms with Crippen LogP contribution in [0.1, 0.15) is 18.4 Å². The number of aryl methyl sites for hydroxylation is 1. The van der Waals surface area contributed by atoms with Crippen molar-refractivity contribution in [1.82, 2.24) is 0 Å². The first-order valence-corrected chi connectivity index (χ1v) is 6.78. The molecule has 0 saturated carbocycles. The van der Waals surface area contributed by atoms with Gasteiger partial charge >= 0.3 is 5.97 Å². The zero-order valence-electron chi connectivity index (χ0n) is 11.4. The smallest absolute Gasteiger partial charge is 0.307 e. The first-order valence-electron chi connectivity index (χ1n) is 6.78. The molecule has 1 N–H and O–H groups in total. The highest BCUT2D eigenvalue weighted by Gasteiger charge is 2.17. The topological polar surface area (TPSA) is 47.6 Å². The van der Waals surface area contributed by atoms with Crippen LogP contribution in [0.25, 0.3) is 0 Å². The van der Waals surface area contributed by atoms with E-state index in [1.54, 1.807) is 0 Å². The number of nitrogens with one attached hydrogen (secondary N) is 1. The Morgan fingerprint density at radius 1 is 1.42 bits per heavy atom. The molecule has 4 nitrogen and oxygen atoms in total. The number of anilines is 1. The predicted molar refractivity (Wildman–Crippen MR) is 74.2 cm³/mol. The summed E-state index contributed by atoms with van der Waals surface area (Å²) in [4.78, 5) is 11.5. The summed E-state index contributed by atoms with van der Waals surface area (Å²) in [6.07, 6.45) is 1.39. The lowest BCUT2D eigenvalue weighted by atomic mass is 10.1. The van der Waals surface area contributed by atoms with Gasteiger partial charge in [0.25, 0.3) is 0 Å². The van der Waals surface area contributed by atoms with Crippen molar-refractivity contribution >= 4 is 11.7 Å². The van der Waals surface area contributed by atoms with Crippen molar-refractivity contribution in [3.8, 4) is 0 Å². The van der Waals surface area contributed by atoms with Gasteiger partial charge in [-0.15, -0.1) is 0 Å². The molecule has 1 fully saturated rings. The van der Waals surface area contributed by atoms with E-state index in [-0.39, 0.29) is 5.97 Å². The third kappa shape index (κ3) is 4.91. The van der Waals surface area contributed by atoms with Crippen LogP contribution in [0.5, 0.6) is 0 Å². The number of benzene rings is 1. The van der Waals surface area contributed by atoms with Gasteiger partial charge in [0, 0.05) is 24.8 Å². The van der Waals surface area contributed by atoms with Crippen LogP contribution < -0.4 is 5.32 Å². The maximum absolute atomic E-state index is 11.5. The second-order valence-corrected chi connectivity index (χ2v) is 4.96. The second-order valence-electron chi connectivity index (χ2n) is 4.96. The van der Waals surface area contributed by atoms with Crippen LogP contribution in [0.4, 0.5) is 5.69 Å². The van der Waals surface area contributed by atoms with Gasteiger partial charge in [-0.3, -0.25) is 4.79 Å². The molecule has 2 rings (SSSR count). The largest absolute Gasteiger partial charge is 0.465 e. The van der Waals surface area contributed by atoms with Crippen molar-refractivity contribution < 1.29 is 14.3 Å². The van der Waals surface area contributed by atoms with Gasteiger partial charge in [-0.25, -0.2) is 0 Å². The van der Waals surface area contributed by atoms with E-state index < -0.39 is 0 Å². The molecule has 1 aliphatic rings. The lowest BCUT2D eigenvalue weighted by Crippen LogP contribution is -2.16. The van der Waals surface area contributed by atoms with E-state index in [1.165, 1.54) is 5.56 Å². The Hall–Kier alpha value is -1.55. The van der Waals surface area contributed by atoms with E-state index in [1.807, 2.05) is 31.2 Å². The fraction of sp³-hybridized carbons (Fsp3) is 0.533. The molecule has 1 aromatic rings. The van der Waals surface area contributed by atoms with Crippen molar-refractivity contribution in [1.29, 1.82) is 0 Å². The van der Waals surface area contributed by atoms with E-state index in [9.17, 15) is 4.79 Å². The van der Waals surface area contributed by atoms with Gasteiger partial charge in [-0.2, -0.15) is 0 Å². The van der Waals surface area contributed by atoms with Gasteiger partial charge < -0.3 is 14.8 Å². The molecule has 1 saturated heterocycles. The molecule has 0 spiro atoms. The Morgan fingerprint density at radius 2 is 2.21 bits per heavy atom. The summed E-state index contributed by atoms with van der Waals surface area (Å²) in [7, 11) is 0. The zero-order chi connectivity index (χ0) is 13.5. The predicted octanol–water partition coefficient (Wildman–Crippen LogP) is 2.38. The van der Waals surface area contributed by atoms with Crippen LogP contribution in [0, 0.1) is 12.8 Å². The van der Waals surface area contributed by atoms with E-state index in [0.717, 1.165) is 25.3 Å². The summed E-state index contributed by atoms with van der Waals surface area (Å²) in [5.41, 5.74) is 2.26. The Balaban J connectivity index is 1.59. The van der Waals surface area contributed by atoms with Gasteiger partial charge in [-0.1, -0.05) is 17.7 Å². The summed E-state index contributed by atoms with van der Waals surface area (Å²) < 4.78 is 10.5. The molecule has 1 unspecified atom stereocenters. The molecule has 1 aliphatic heterocycles. The van der Waals surface area contributed by atoms with E-state index in [2.05, 4.69) is 5.32 Å². The molecule has 0 bridgehead atoms. The number of esters is 1. The van der Waals surface area contributed by atoms with E-state index in [0.29, 0.717) is 25.5 Å². The Bertz CT molecular complexity index is 396. The van der Waals surface area contributed by atoms with E-state index >= 15 is 0 Å². The molecule has 0 aromatic heterocycles. The normalized spacial score (nSPS) is 18.3. The minimum Gasteiger partial charge on any atom is -0.465 e. The first-order chi connectivity index (χ1) is 9.24. The number of rotatable bonds is 6. The Morgan fingerprint density at radius 3 is 2.89 bits per heavy atom. The first kappa shape index (κ1) is 13.9. The van der Waals surface area contributed by atoms with Gasteiger partial charge in [0.05, 0.1) is 19.6 Å². The summed E-state index contributed by atoms with van der Waals surface area (Å²) in [5.74, 6) is 0.237. The minimum atomic E-state index is -0.147. The molecule has 1 aromatic carbocycles. The average molecular weight is 263 g/mol. The maximum atomic E-state index is 11.5. The van der Waals surface area contributed by atoms with Crippen molar-refractivity contribution in [3.63, 3.8) is 0 Å². The van der Waals surface area contributed by atoms with Gasteiger partial charge in [0.15, 0.2) is 0 Å². The summed E-state index contributed by atoms with van der Waals surface area (Å²) in [6, 6.07) is 8.11. The third-order valence-corrected chi connectivity index (χ3v) is 3.21. The van der Waals surface area contributed by atoms with Crippen LogP contribution in [0.3, 0.4) is 0 Å². The van der Waals surface area contributed by atoms with Crippen LogP contribution in [0.15, 0.2) is 24.3 Å².